The first-order valence-electron chi connectivity index (χ1n) is 24.5. The molecule has 0 aliphatic carbocycles. The molecule has 1 amide bonds. The molecule has 1 unspecified atom stereocenters. The first kappa shape index (κ1) is 47.7. The highest BCUT2D eigenvalue weighted by atomic mass is 35.5. The topological polar surface area (TPSA) is 186 Å². The van der Waals surface area contributed by atoms with Crippen LogP contribution in [0.1, 0.15) is 41.6 Å². The van der Waals surface area contributed by atoms with Crippen LogP contribution >= 0.6 is 11.6 Å². The molecule has 4 aliphatic rings. The summed E-state index contributed by atoms with van der Waals surface area (Å²) >= 11 is 6.80. The number of likely N-dealkylation sites (tertiary alicyclic amines) is 1. The second-order valence-electron chi connectivity index (χ2n) is 19.0. The molecule has 1 atom stereocenters. The SMILES string of the molecule is C=CC(=O)N1CCN(c2nc(OCCN3CCC(N4CCN(Cc5ccc(-n6c(-c7cc(C)c(O)cc7O)n[nH]c6=O)cc5)CC4)CC3)nc3c2CCN(c2cccc4cccc(Cl)c24)C3)CC1CC#N. The summed E-state index contributed by atoms with van der Waals surface area (Å²) in [7, 11) is 0. The van der Waals surface area contributed by atoms with Crippen LogP contribution in [0.15, 0.2) is 90.2 Å². The summed E-state index contributed by atoms with van der Waals surface area (Å²) in [6.45, 7) is 16.2. The third-order valence-electron chi connectivity index (χ3n) is 14.7. The molecule has 6 aromatic rings. The van der Waals surface area contributed by atoms with E-state index in [0.29, 0.717) is 66.7 Å². The van der Waals surface area contributed by atoms with Gasteiger partial charge in [-0.1, -0.05) is 54.6 Å². The van der Waals surface area contributed by atoms with Crippen molar-refractivity contribution in [2.24, 2.45) is 0 Å². The minimum Gasteiger partial charge on any atom is -0.508 e. The number of phenolic OH excluding ortho intramolecular Hbond substituents is 2. The van der Waals surface area contributed by atoms with Crippen LogP contribution in [0.3, 0.4) is 0 Å². The Bertz CT molecular complexity index is 3020. The molecule has 10 rings (SSSR count). The van der Waals surface area contributed by atoms with Crippen LogP contribution in [0, 0.1) is 18.3 Å². The maximum Gasteiger partial charge on any atom is 0.348 e. The summed E-state index contributed by atoms with van der Waals surface area (Å²) in [6.07, 6.45) is 4.44. The van der Waals surface area contributed by atoms with Crippen LogP contribution in [0.2, 0.25) is 5.02 Å². The van der Waals surface area contributed by atoms with Gasteiger partial charge in [0.2, 0.25) is 5.91 Å². The van der Waals surface area contributed by atoms with Gasteiger partial charge in [0.25, 0.3) is 0 Å². The van der Waals surface area contributed by atoms with E-state index in [1.165, 1.54) is 16.7 Å². The van der Waals surface area contributed by atoms with E-state index in [2.05, 4.69) is 71.6 Å². The van der Waals surface area contributed by atoms with Crippen LogP contribution in [-0.2, 0) is 24.3 Å². The summed E-state index contributed by atoms with van der Waals surface area (Å²) in [6, 6.07) is 25.9. The number of aromatic nitrogens is 5. The van der Waals surface area contributed by atoms with Crippen molar-refractivity contribution in [3.63, 3.8) is 0 Å². The van der Waals surface area contributed by atoms with Gasteiger partial charge in [0.1, 0.15) is 23.9 Å². The molecule has 4 aliphatic heterocycles. The standard InChI is InChI=1S/C53H59ClN12O5/c1-3-48(69)65-27-26-64(33-40(65)14-18-55)50-41-17-21-63(45-9-5-7-37-6-4-8-43(54)49(37)45)34-44(41)56-52(57-50)71-29-28-60-19-15-38(16-20-60)62-24-22-61(23-25-62)32-36-10-12-39(13-11-36)66-51(58-59-53(66)70)42-30-35(2)46(67)31-47(42)68/h3-13,30-31,38,40,67-68H,1,14-17,19-29,32-34H2,2H3,(H,59,70). The Labute approximate surface area is 417 Å². The number of nitrogens with zero attached hydrogens (tertiary/aromatic N) is 11. The van der Waals surface area contributed by atoms with Crippen molar-refractivity contribution in [2.45, 2.75) is 57.8 Å². The average molecular weight is 980 g/mol. The molecule has 71 heavy (non-hydrogen) atoms. The van der Waals surface area contributed by atoms with Crippen molar-refractivity contribution >= 4 is 39.8 Å². The molecular weight excluding hydrogens is 920 g/mol. The number of carbonyl (C=O) groups is 1. The minimum absolute atomic E-state index is 0.0307. The highest BCUT2D eigenvalue weighted by Crippen LogP contribution is 2.38. The smallest absolute Gasteiger partial charge is 0.348 e. The Morgan fingerprint density at radius 2 is 1.70 bits per heavy atom. The zero-order chi connectivity index (χ0) is 49.2. The van der Waals surface area contributed by atoms with Gasteiger partial charge in [-0.2, -0.15) is 20.3 Å². The molecule has 3 saturated heterocycles. The predicted molar refractivity (Wildman–Crippen MR) is 273 cm³/mol. The third-order valence-corrected chi connectivity index (χ3v) is 15.0. The maximum absolute atomic E-state index is 12.8. The van der Waals surface area contributed by atoms with Gasteiger partial charge in [0.05, 0.1) is 47.0 Å². The molecule has 3 N–H and O–H groups in total. The first-order valence-corrected chi connectivity index (χ1v) is 24.9. The van der Waals surface area contributed by atoms with E-state index < -0.39 is 5.69 Å². The van der Waals surface area contributed by atoms with Gasteiger partial charge in [-0.3, -0.25) is 19.5 Å². The number of H-pyrrole nitrogens is 1. The molecule has 17 nitrogen and oxygen atoms in total. The van der Waals surface area contributed by atoms with E-state index in [4.69, 9.17) is 26.3 Å². The lowest BCUT2D eigenvalue weighted by Crippen LogP contribution is -2.55. The molecule has 0 bridgehead atoms. The molecule has 4 aromatic carbocycles. The number of nitriles is 1. The summed E-state index contributed by atoms with van der Waals surface area (Å²) in [5.41, 5.74) is 5.31. The van der Waals surface area contributed by atoms with Gasteiger partial charge >= 0.3 is 11.7 Å². The second-order valence-corrected chi connectivity index (χ2v) is 19.4. The van der Waals surface area contributed by atoms with Crippen LogP contribution in [0.5, 0.6) is 17.5 Å². The quantitative estimate of drug-likeness (QED) is 0.117. The number of amides is 1. The van der Waals surface area contributed by atoms with Gasteiger partial charge in [-0.15, -0.1) is 0 Å². The Morgan fingerprint density at radius 1 is 0.930 bits per heavy atom. The number of aromatic amines is 1. The first-order chi connectivity index (χ1) is 34.5. The zero-order valence-electron chi connectivity index (χ0n) is 40.0. The number of aryl methyl sites for hydroxylation is 1. The van der Waals surface area contributed by atoms with Crippen molar-refractivity contribution in [2.75, 3.05) is 88.4 Å². The highest BCUT2D eigenvalue weighted by molar-refractivity contribution is 6.36. The van der Waals surface area contributed by atoms with E-state index in [9.17, 15) is 25.1 Å². The van der Waals surface area contributed by atoms with Crippen molar-refractivity contribution in [3.8, 4) is 40.7 Å². The van der Waals surface area contributed by atoms with Crippen molar-refractivity contribution < 1.29 is 19.7 Å². The van der Waals surface area contributed by atoms with E-state index in [1.807, 2.05) is 36.4 Å². The van der Waals surface area contributed by atoms with Crippen LogP contribution in [-0.4, -0.2) is 151 Å². The number of aromatic hydroxyl groups is 2. The number of piperidine rings is 1. The summed E-state index contributed by atoms with van der Waals surface area (Å²) in [5.74, 6) is 0.724. The number of piperazine rings is 2. The number of nitrogens with one attached hydrogen (secondary N) is 1. The fourth-order valence-corrected chi connectivity index (χ4v) is 11.1. The largest absolute Gasteiger partial charge is 0.508 e. The lowest BCUT2D eigenvalue weighted by atomic mass is 10.0. The molecule has 0 radical (unpaired) electrons. The van der Waals surface area contributed by atoms with Gasteiger partial charge in [-0.05, 0) is 92.2 Å². The number of rotatable bonds is 13. The number of halogens is 1. The molecule has 368 valence electrons. The van der Waals surface area contributed by atoms with Crippen LogP contribution in [0.4, 0.5) is 11.5 Å². The Morgan fingerprint density at radius 3 is 2.46 bits per heavy atom. The number of fused-ring (bicyclic) bond motifs is 2. The van der Waals surface area contributed by atoms with Crippen molar-refractivity contribution in [1.82, 2.24) is 44.3 Å². The number of carbonyl (C=O) groups excluding carboxylic acids is 1. The van der Waals surface area contributed by atoms with E-state index in [1.54, 1.807) is 17.9 Å². The molecule has 3 fully saturated rings. The average Bonchev–Trinajstić information content (AvgIpc) is 3.77. The van der Waals surface area contributed by atoms with Crippen LogP contribution in [0.25, 0.3) is 27.8 Å². The van der Waals surface area contributed by atoms with Gasteiger partial charge in [0, 0.05) is 94.2 Å². The number of hydrogen-bond donors (Lipinski definition) is 3. The predicted octanol–water partition coefficient (Wildman–Crippen LogP) is 5.88. The summed E-state index contributed by atoms with van der Waals surface area (Å²) in [5, 5.41) is 39.8. The minimum atomic E-state index is -0.418. The molecule has 0 saturated carbocycles. The molecular formula is C53H59ClN12O5. The molecule has 6 heterocycles. The second kappa shape index (κ2) is 20.8. The fourth-order valence-electron chi connectivity index (χ4n) is 10.8. The lowest BCUT2D eigenvalue weighted by Gasteiger charge is -2.43. The van der Waals surface area contributed by atoms with Crippen molar-refractivity contribution in [3.05, 3.63) is 123 Å². The zero-order valence-corrected chi connectivity index (χ0v) is 40.8. The van der Waals surface area contributed by atoms with Gasteiger partial charge in [-0.25, -0.2) is 14.5 Å². The molecule has 2 aromatic heterocycles. The van der Waals surface area contributed by atoms with E-state index in [-0.39, 0.29) is 35.7 Å². The number of hydrogen-bond acceptors (Lipinski definition) is 14. The fraction of sp³-hybridized carbons (Fsp3) is 0.396. The highest BCUT2D eigenvalue weighted by Gasteiger charge is 2.34. The molecule has 18 heteroatoms. The van der Waals surface area contributed by atoms with E-state index in [0.717, 1.165) is 117 Å². The Balaban J connectivity index is 0.742. The molecule has 0 spiro atoms. The third kappa shape index (κ3) is 10.0. The number of ether oxygens (including phenoxy) is 1. The number of phenols is 2. The summed E-state index contributed by atoms with van der Waals surface area (Å²) in [4.78, 5) is 49.6. The van der Waals surface area contributed by atoms with E-state index >= 15 is 0 Å². The van der Waals surface area contributed by atoms with Gasteiger partial charge in [0.15, 0.2) is 5.82 Å². The van der Waals surface area contributed by atoms with Crippen LogP contribution < -0.4 is 20.2 Å². The maximum atomic E-state index is 12.8. The Hall–Kier alpha value is -6.97. The lowest BCUT2D eigenvalue weighted by molar-refractivity contribution is -0.128. The normalized spacial score (nSPS) is 18.4. The van der Waals surface area contributed by atoms with Gasteiger partial charge < -0.3 is 29.6 Å². The number of benzene rings is 4. The summed E-state index contributed by atoms with van der Waals surface area (Å²) < 4.78 is 7.87. The Kier molecular flexibility index (Phi) is 14.0. The monoisotopic (exact) mass is 978 g/mol. The van der Waals surface area contributed by atoms with Crippen molar-refractivity contribution in [1.29, 1.82) is 5.26 Å². The number of anilines is 2.